The summed E-state index contributed by atoms with van der Waals surface area (Å²) in [6, 6.07) is 31.1. The molecule has 0 aliphatic rings. The van der Waals surface area contributed by atoms with Crippen LogP contribution in [-0.2, 0) is 17.7 Å². The van der Waals surface area contributed by atoms with Gasteiger partial charge in [-0.2, -0.15) is 0 Å². The molecule has 0 saturated heterocycles. The monoisotopic (exact) mass is 896 g/mol. The number of rotatable bonds is 24. The highest BCUT2D eigenvalue weighted by atomic mass is 28.4. The van der Waals surface area contributed by atoms with E-state index >= 15 is 0 Å². The van der Waals surface area contributed by atoms with E-state index in [1.54, 1.807) is 0 Å². The van der Waals surface area contributed by atoms with E-state index in [2.05, 4.69) is 105 Å². The zero-order valence-corrected chi connectivity index (χ0v) is 42.7. The molecule has 0 atom stereocenters. The van der Waals surface area contributed by atoms with Crippen LogP contribution in [0.1, 0.15) is 22.3 Å². The van der Waals surface area contributed by atoms with Gasteiger partial charge >= 0.3 is 0 Å². The Kier molecular flexibility index (Phi) is 16.2. The minimum atomic E-state index is -1.82. The van der Waals surface area contributed by atoms with Crippen LogP contribution in [0.4, 0.5) is 0 Å². The first-order valence-electron chi connectivity index (χ1n) is 20.7. The minimum absolute atomic E-state index is 0.204. The van der Waals surface area contributed by atoms with Gasteiger partial charge in [0, 0.05) is 22.3 Å². The fourth-order valence-corrected chi connectivity index (χ4v) is 9.29. The first-order chi connectivity index (χ1) is 28.3. The second-order valence-corrected chi connectivity index (χ2v) is 37.0. The maximum Gasteiger partial charge on any atom is 0.242 e. The van der Waals surface area contributed by atoms with Crippen LogP contribution < -0.4 is 18.9 Å². The van der Waals surface area contributed by atoms with Crippen LogP contribution in [-0.4, -0.2) is 59.7 Å². The Bertz CT molecular complexity index is 1780. The van der Waals surface area contributed by atoms with Crippen molar-refractivity contribution in [3.8, 4) is 23.0 Å². The number of ether oxygens (including phenoxy) is 4. The lowest BCUT2D eigenvalue weighted by molar-refractivity contribution is -0.00352. The van der Waals surface area contributed by atoms with Crippen molar-refractivity contribution >= 4 is 56.3 Å². The maximum absolute atomic E-state index is 6.59. The van der Waals surface area contributed by atoms with Crippen molar-refractivity contribution in [2.75, 3.05) is 26.4 Å². The molecule has 328 valence electrons. The average molecular weight is 897 g/mol. The van der Waals surface area contributed by atoms with Crippen LogP contribution in [0.5, 0.6) is 23.0 Å². The molecule has 0 spiro atoms. The second kappa shape index (κ2) is 20.3. The average Bonchev–Trinajstić information content (AvgIpc) is 3.15. The van der Waals surface area contributed by atoms with Crippen LogP contribution in [0.25, 0.3) is 23.0 Å². The van der Waals surface area contributed by atoms with E-state index in [1.165, 1.54) is 0 Å². The van der Waals surface area contributed by atoms with Gasteiger partial charge in [0.1, 0.15) is 77.9 Å². The third-order valence-electron chi connectivity index (χ3n) is 8.60. The zero-order valence-electron chi connectivity index (χ0n) is 38.7. The lowest BCUT2D eigenvalue weighted by Gasteiger charge is -2.33. The standard InChI is InChI=1S/C49H68O8Si4/c1-37(54-58(5,6)7)41-17-25-45(26-18-41)50-33-49(34-51-46-27-19-42(20-28-46)38(2)55-59(8,9)10,35-52-47-29-21-43(22-30-47)39(3)56-60(11,12)13)36-53-48-31-23-44(24-32-48)40(4)57-61(14,15)16/h17-32H,1-4,33-36H2,5-16H3. The van der Waals surface area contributed by atoms with Gasteiger partial charge in [0.05, 0.1) is 0 Å². The summed E-state index contributed by atoms with van der Waals surface area (Å²) in [6.07, 6.45) is 0. The van der Waals surface area contributed by atoms with Gasteiger partial charge in [0.25, 0.3) is 0 Å². The van der Waals surface area contributed by atoms with Crippen LogP contribution in [0, 0.1) is 5.41 Å². The molecule has 61 heavy (non-hydrogen) atoms. The van der Waals surface area contributed by atoms with E-state index in [1.807, 2.05) is 97.1 Å². The van der Waals surface area contributed by atoms with Gasteiger partial charge < -0.3 is 36.7 Å². The second-order valence-electron chi connectivity index (χ2n) is 19.3. The maximum atomic E-state index is 6.59. The van der Waals surface area contributed by atoms with Gasteiger partial charge in [0.2, 0.25) is 33.3 Å². The summed E-state index contributed by atoms with van der Waals surface area (Å²) < 4.78 is 50.9. The molecule has 12 heteroatoms. The number of hydrogen-bond acceptors (Lipinski definition) is 8. The van der Waals surface area contributed by atoms with E-state index in [-0.39, 0.29) is 26.4 Å². The Balaban J connectivity index is 1.65. The zero-order chi connectivity index (χ0) is 45.2. The molecule has 0 aliphatic heterocycles. The molecular weight excluding hydrogens is 829 g/mol. The van der Waals surface area contributed by atoms with Crippen LogP contribution in [0.2, 0.25) is 78.6 Å². The Labute approximate surface area is 370 Å². The van der Waals surface area contributed by atoms with Crippen molar-refractivity contribution in [2.45, 2.75) is 78.6 Å². The summed E-state index contributed by atoms with van der Waals surface area (Å²) in [5.74, 6) is 5.31. The normalized spacial score (nSPS) is 12.1. The van der Waals surface area contributed by atoms with E-state index in [0.29, 0.717) is 46.0 Å². The largest absolute Gasteiger partial charge is 0.544 e. The minimum Gasteiger partial charge on any atom is -0.544 e. The predicted molar refractivity (Wildman–Crippen MR) is 264 cm³/mol. The van der Waals surface area contributed by atoms with E-state index in [9.17, 15) is 0 Å². The van der Waals surface area contributed by atoms with Crippen LogP contribution in [0.15, 0.2) is 123 Å². The fraction of sp³-hybridized carbons (Fsp3) is 0.347. The van der Waals surface area contributed by atoms with Crippen molar-refractivity contribution in [2.24, 2.45) is 5.41 Å². The molecule has 0 heterocycles. The van der Waals surface area contributed by atoms with Crippen molar-refractivity contribution < 1.29 is 36.7 Å². The number of hydrogen-bond donors (Lipinski definition) is 0. The summed E-state index contributed by atoms with van der Waals surface area (Å²) in [7, 11) is -7.30. The molecule has 0 N–H and O–H groups in total. The molecule has 0 radical (unpaired) electrons. The molecule has 0 aliphatic carbocycles. The number of benzene rings is 4. The third kappa shape index (κ3) is 17.2. The quantitative estimate of drug-likeness (QED) is 0.0509. The predicted octanol–water partition coefficient (Wildman–Crippen LogP) is 13.6. The SMILES string of the molecule is C=C(O[Si](C)(C)C)c1ccc(OCC(COc2ccc(C(=C)O[Si](C)(C)C)cc2)(COc2ccc(C(=C)O[Si](C)(C)C)cc2)COc2ccc(C(=C)O[Si](C)(C)C)cc2)cc1. The van der Waals surface area contributed by atoms with Gasteiger partial charge in [-0.05, 0) is 176 Å². The van der Waals surface area contributed by atoms with Gasteiger partial charge in [0.15, 0.2) is 0 Å². The molecule has 0 saturated carbocycles. The first-order valence-corrected chi connectivity index (χ1v) is 34.4. The van der Waals surface area contributed by atoms with Gasteiger partial charge in [-0.1, -0.05) is 26.3 Å². The summed E-state index contributed by atoms with van der Waals surface area (Å²) in [6.45, 7) is 43.1. The summed E-state index contributed by atoms with van der Waals surface area (Å²) in [4.78, 5) is 0. The molecule has 4 aromatic carbocycles. The molecule has 0 amide bonds. The molecule has 0 unspecified atom stereocenters. The summed E-state index contributed by atoms with van der Waals surface area (Å²) >= 11 is 0. The Morgan fingerprint density at radius 1 is 0.328 bits per heavy atom. The first kappa shape index (κ1) is 48.8. The van der Waals surface area contributed by atoms with Crippen molar-refractivity contribution in [3.05, 3.63) is 146 Å². The highest BCUT2D eigenvalue weighted by Gasteiger charge is 2.36. The molecule has 8 nitrogen and oxygen atoms in total. The highest BCUT2D eigenvalue weighted by Crippen LogP contribution is 2.31. The Morgan fingerprint density at radius 2 is 0.492 bits per heavy atom. The molecular formula is C49H68O8Si4. The van der Waals surface area contributed by atoms with E-state index < -0.39 is 38.7 Å². The molecule has 4 rings (SSSR count). The van der Waals surface area contributed by atoms with Crippen molar-refractivity contribution in [1.82, 2.24) is 0 Å². The van der Waals surface area contributed by atoms with Crippen molar-refractivity contribution in [3.63, 3.8) is 0 Å². The topological polar surface area (TPSA) is 73.8 Å². The van der Waals surface area contributed by atoms with E-state index in [4.69, 9.17) is 36.7 Å². The van der Waals surface area contributed by atoms with Crippen LogP contribution in [0.3, 0.4) is 0 Å². The molecule has 0 bridgehead atoms. The highest BCUT2D eigenvalue weighted by molar-refractivity contribution is 6.71. The summed E-state index contributed by atoms with van der Waals surface area (Å²) in [5.41, 5.74) is 2.79. The smallest absolute Gasteiger partial charge is 0.242 e. The fourth-order valence-electron chi connectivity index (χ4n) is 5.86. The van der Waals surface area contributed by atoms with Gasteiger partial charge in [-0.25, -0.2) is 0 Å². The lowest BCUT2D eigenvalue weighted by atomic mass is 9.92. The lowest BCUT2D eigenvalue weighted by Crippen LogP contribution is -2.45. The van der Waals surface area contributed by atoms with Gasteiger partial charge in [-0.3, -0.25) is 0 Å². The third-order valence-corrected chi connectivity index (χ3v) is 12.0. The summed E-state index contributed by atoms with van der Waals surface area (Å²) in [5, 5.41) is 0. The molecule has 0 fully saturated rings. The van der Waals surface area contributed by atoms with Crippen molar-refractivity contribution in [1.29, 1.82) is 0 Å². The van der Waals surface area contributed by atoms with Crippen LogP contribution >= 0.6 is 0 Å². The van der Waals surface area contributed by atoms with Gasteiger partial charge in [-0.15, -0.1) is 0 Å². The molecule has 4 aromatic rings. The Hall–Kier alpha value is -4.89. The Morgan fingerprint density at radius 3 is 0.639 bits per heavy atom. The van der Waals surface area contributed by atoms with E-state index in [0.717, 1.165) is 22.3 Å². The molecule has 0 aromatic heterocycles.